The molecule has 0 bridgehead atoms. The standard InChI is InChI=1S/C16H15N7O2/c1-11-7-8-13(17-9-11)20-15-14(23(24)25)16(19-10-18-15)22-21-12-5-3-2-4-6-12/h2-10,21H,1H3,(H2,17,18,19,20,22). The lowest BCUT2D eigenvalue weighted by Crippen LogP contribution is -2.13. The van der Waals surface area contributed by atoms with Crippen molar-refractivity contribution in [3.63, 3.8) is 0 Å². The molecule has 0 amide bonds. The fraction of sp³-hybridized carbons (Fsp3) is 0.0625. The van der Waals surface area contributed by atoms with Crippen molar-refractivity contribution in [1.82, 2.24) is 15.0 Å². The van der Waals surface area contributed by atoms with Gasteiger partial charge in [-0.3, -0.25) is 21.0 Å². The van der Waals surface area contributed by atoms with Gasteiger partial charge in [0.05, 0.1) is 10.6 Å². The van der Waals surface area contributed by atoms with E-state index >= 15 is 0 Å². The topological polar surface area (TPSA) is 118 Å². The number of aryl methyl sites for hydroxylation is 1. The summed E-state index contributed by atoms with van der Waals surface area (Å²) in [5.74, 6) is 0.543. The van der Waals surface area contributed by atoms with Crippen LogP contribution in [0.15, 0.2) is 55.0 Å². The third-order valence-electron chi connectivity index (χ3n) is 3.26. The van der Waals surface area contributed by atoms with E-state index in [1.54, 1.807) is 12.3 Å². The summed E-state index contributed by atoms with van der Waals surface area (Å²) in [5.41, 5.74) is 7.05. The Morgan fingerprint density at radius 2 is 1.72 bits per heavy atom. The molecule has 2 aromatic heterocycles. The Kier molecular flexibility index (Phi) is 4.65. The SMILES string of the molecule is Cc1ccc(Nc2ncnc(NNc3ccccc3)c2[N+](=O)[O-])nc1. The Morgan fingerprint density at radius 3 is 2.40 bits per heavy atom. The van der Waals surface area contributed by atoms with Crippen LogP contribution in [0.1, 0.15) is 5.56 Å². The number of nitrogens with one attached hydrogen (secondary N) is 3. The summed E-state index contributed by atoms with van der Waals surface area (Å²) in [6.07, 6.45) is 2.89. The summed E-state index contributed by atoms with van der Waals surface area (Å²) in [6, 6.07) is 12.7. The number of aromatic nitrogens is 3. The van der Waals surface area contributed by atoms with Gasteiger partial charge in [-0.15, -0.1) is 0 Å². The third kappa shape index (κ3) is 3.96. The van der Waals surface area contributed by atoms with Crippen LogP contribution in [0, 0.1) is 17.0 Å². The molecule has 3 rings (SSSR count). The largest absolute Gasteiger partial charge is 0.355 e. The van der Waals surface area contributed by atoms with Gasteiger partial charge in [0, 0.05) is 6.20 Å². The molecule has 0 spiro atoms. The molecule has 0 saturated carbocycles. The monoisotopic (exact) mass is 337 g/mol. The van der Waals surface area contributed by atoms with Crippen LogP contribution in [0.2, 0.25) is 0 Å². The van der Waals surface area contributed by atoms with Gasteiger partial charge in [0.2, 0.25) is 11.6 Å². The van der Waals surface area contributed by atoms with Crippen molar-refractivity contribution >= 4 is 28.8 Å². The molecule has 1 aromatic carbocycles. The highest BCUT2D eigenvalue weighted by molar-refractivity contribution is 5.73. The van der Waals surface area contributed by atoms with Crippen LogP contribution in [0.25, 0.3) is 0 Å². The zero-order chi connectivity index (χ0) is 17.6. The first-order valence-corrected chi connectivity index (χ1v) is 7.39. The van der Waals surface area contributed by atoms with Gasteiger partial charge >= 0.3 is 5.69 Å². The summed E-state index contributed by atoms with van der Waals surface area (Å²) in [7, 11) is 0. The fourth-order valence-electron chi connectivity index (χ4n) is 2.05. The molecular weight excluding hydrogens is 322 g/mol. The summed E-state index contributed by atoms with van der Waals surface area (Å²) in [4.78, 5) is 23.0. The minimum absolute atomic E-state index is 0.0402. The number of benzene rings is 1. The fourth-order valence-corrected chi connectivity index (χ4v) is 2.05. The van der Waals surface area contributed by atoms with Crippen LogP contribution in [-0.4, -0.2) is 19.9 Å². The maximum Gasteiger partial charge on any atom is 0.355 e. The van der Waals surface area contributed by atoms with Crippen LogP contribution >= 0.6 is 0 Å². The molecule has 3 N–H and O–H groups in total. The number of pyridine rings is 1. The van der Waals surface area contributed by atoms with E-state index in [4.69, 9.17) is 0 Å². The minimum Gasteiger partial charge on any atom is -0.319 e. The molecule has 126 valence electrons. The van der Waals surface area contributed by atoms with Crippen molar-refractivity contribution in [2.75, 3.05) is 16.2 Å². The molecule has 0 aliphatic rings. The van der Waals surface area contributed by atoms with E-state index in [0.717, 1.165) is 11.3 Å². The summed E-state index contributed by atoms with van der Waals surface area (Å²) in [5, 5.41) is 14.3. The molecule has 0 atom stereocenters. The molecular formula is C16H15N7O2. The number of hydrazine groups is 1. The maximum atomic E-state index is 11.5. The normalized spacial score (nSPS) is 10.1. The summed E-state index contributed by atoms with van der Waals surface area (Å²) < 4.78 is 0. The lowest BCUT2D eigenvalue weighted by atomic mass is 10.3. The van der Waals surface area contributed by atoms with E-state index in [9.17, 15) is 10.1 Å². The van der Waals surface area contributed by atoms with Crippen molar-refractivity contribution < 1.29 is 4.92 Å². The van der Waals surface area contributed by atoms with E-state index in [1.807, 2.05) is 43.3 Å². The van der Waals surface area contributed by atoms with Gasteiger partial charge in [-0.1, -0.05) is 24.3 Å². The molecule has 3 aromatic rings. The second-order valence-corrected chi connectivity index (χ2v) is 5.14. The zero-order valence-corrected chi connectivity index (χ0v) is 13.3. The Labute approximate surface area is 143 Å². The smallest absolute Gasteiger partial charge is 0.319 e. The number of hydrogen-bond donors (Lipinski definition) is 3. The van der Waals surface area contributed by atoms with Gasteiger partial charge in [-0.05, 0) is 30.7 Å². The highest BCUT2D eigenvalue weighted by Gasteiger charge is 2.23. The molecule has 9 heteroatoms. The Morgan fingerprint density at radius 1 is 0.960 bits per heavy atom. The van der Waals surface area contributed by atoms with Crippen molar-refractivity contribution in [1.29, 1.82) is 0 Å². The molecule has 9 nitrogen and oxygen atoms in total. The van der Waals surface area contributed by atoms with Crippen molar-refractivity contribution in [2.45, 2.75) is 6.92 Å². The second-order valence-electron chi connectivity index (χ2n) is 5.14. The third-order valence-corrected chi connectivity index (χ3v) is 3.26. The average Bonchev–Trinajstić information content (AvgIpc) is 2.62. The van der Waals surface area contributed by atoms with Gasteiger partial charge in [0.25, 0.3) is 0 Å². The molecule has 2 heterocycles. The quantitative estimate of drug-likeness (QED) is 0.463. The number of para-hydroxylation sites is 1. The van der Waals surface area contributed by atoms with Crippen LogP contribution in [0.4, 0.5) is 28.8 Å². The van der Waals surface area contributed by atoms with Crippen molar-refractivity contribution in [2.24, 2.45) is 0 Å². The van der Waals surface area contributed by atoms with E-state index in [-0.39, 0.29) is 17.3 Å². The van der Waals surface area contributed by atoms with Gasteiger partial charge < -0.3 is 5.32 Å². The number of nitro groups is 1. The summed E-state index contributed by atoms with van der Waals surface area (Å²) >= 11 is 0. The number of nitrogens with zero attached hydrogens (tertiary/aromatic N) is 4. The lowest BCUT2D eigenvalue weighted by molar-refractivity contribution is -0.383. The van der Waals surface area contributed by atoms with Crippen LogP contribution in [0.5, 0.6) is 0 Å². The second kappa shape index (κ2) is 7.21. The van der Waals surface area contributed by atoms with E-state index < -0.39 is 4.92 Å². The molecule has 0 aliphatic heterocycles. The number of rotatable bonds is 6. The summed E-state index contributed by atoms with van der Waals surface area (Å²) in [6.45, 7) is 1.90. The first-order chi connectivity index (χ1) is 12.1. The zero-order valence-electron chi connectivity index (χ0n) is 13.3. The Bertz CT molecular complexity index is 869. The maximum absolute atomic E-state index is 11.5. The highest BCUT2D eigenvalue weighted by Crippen LogP contribution is 2.30. The Balaban J connectivity index is 1.86. The molecule has 0 unspecified atom stereocenters. The molecule has 0 fully saturated rings. The number of hydrogen-bond acceptors (Lipinski definition) is 8. The molecule has 25 heavy (non-hydrogen) atoms. The van der Waals surface area contributed by atoms with E-state index in [2.05, 4.69) is 31.1 Å². The van der Waals surface area contributed by atoms with Crippen molar-refractivity contribution in [3.8, 4) is 0 Å². The average molecular weight is 337 g/mol. The van der Waals surface area contributed by atoms with Gasteiger partial charge in [0.1, 0.15) is 12.1 Å². The van der Waals surface area contributed by atoms with E-state index in [1.165, 1.54) is 6.33 Å². The predicted octanol–water partition coefficient (Wildman–Crippen LogP) is 3.27. The van der Waals surface area contributed by atoms with Crippen LogP contribution in [-0.2, 0) is 0 Å². The van der Waals surface area contributed by atoms with Gasteiger partial charge in [0.15, 0.2) is 0 Å². The highest BCUT2D eigenvalue weighted by atomic mass is 16.6. The molecule has 0 radical (unpaired) electrons. The van der Waals surface area contributed by atoms with Gasteiger partial charge in [-0.2, -0.15) is 0 Å². The Hall–Kier alpha value is -3.75. The van der Waals surface area contributed by atoms with Crippen LogP contribution in [0.3, 0.4) is 0 Å². The van der Waals surface area contributed by atoms with E-state index in [0.29, 0.717) is 5.82 Å². The lowest BCUT2D eigenvalue weighted by Gasteiger charge is -2.11. The minimum atomic E-state index is -0.550. The number of anilines is 4. The van der Waals surface area contributed by atoms with Crippen molar-refractivity contribution in [3.05, 3.63) is 70.7 Å². The van der Waals surface area contributed by atoms with Gasteiger partial charge in [-0.25, -0.2) is 15.0 Å². The molecule has 0 aliphatic carbocycles. The predicted molar refractivity (Wildman–Crippen MR) is 94.6 cm³/mol. The van der Waals surface area contributed by atoms with Crippen LogP contribution < -0.4 is 16.2 Å². The first-order valence-electron chi connectivity index (χ1n) is 7.39. The first kappa shape index (κ1) is 16.1. The molecule has 0 saturated heterocycles.